The summed E-state index contributed by atoms with van der Waals surface area (Å²) in [6, 6.07) is 0. The van der Waals surface area contributed by atoms with Crippen LogP contribution in [0.5, 0.6) is 0 Å². The molecule has 1 fully saturated rings. The van der Waals surface area contributed by atoms with Gasteiger partial charge in [-0.1, -0.05) is 6.92 Å². The van der Waals surface area contributed by atoms with Crippen molar-refractivity contribution >= 4 is 17.2 Å². The Labute approximate surface area is 141 Å². The molecule has 23 heavy (non-hydrogen) atoms. The number of aryl methyl sites for hydroxylation is 3. The number of rotatable bonds is 5. The first-order chi connectivity index (χ1) is 11.2. The number of carbonyl (C=O) groups is 1. The van der Waals surface area contributed by atoms with Crippen molar-refractivity contribution in [2.45, 2.75) is 52.0 Å². The first-order valence-corrected chi connectivity index (χ1v) is 9.24. The number of hydrogen-bond donors (Lipinski definition) is 0. The van der Waals surface area contributed by atoms with Gasteiger partial charge in [-0.3, -0.25) is 9.48 Å². The van der Waals surface area contributed by atoms with Crippen LogP contribution < -0.4 is 0 Å². The number of nitrogens with zero attached hydrogens (tertiary/aromatic N) is 4. The van der Waals surface area contributed by atoms with Crippen LogP contribution >= 0.6 is 11.3 Å². The van der Waals surface area contributed by atoms with E-state index in [0.717, 1.165) is 37.9 Å². The summed E-state index contributed by atoms with van der Waals surface area (Å²) in [6.07, 6.45) is 7.52. The Morgan fingerprint density at radius 3 is 3.04 bits per heavy atom. The van der Waals surface area contributed by atoms with Crippen molar-refractivity contribution in [1.29, 1.82) is 0 Å². The maximum Gasteiger partial charge on any atom is 0.224 e. The summed E-state index contributed by atoms with van der Waals surface area (Å²) >= 11 is 1.74. The Kier molecular flexibility index (Phi) is 5.10. The zero-order chi connectivity index (χ0) is 16.2. The molecule has 0 radical (unpaired) electrons. The van der Waals surface area contributed by atoms with Crippen molar-refractivity contribution in [1.82, 2.24) is 19.7 Å². The van der Waals surface area contributed by atoms with E-state index < -0.39 is 0 Å². The molecule has 6 heteroatoms. The second kappa shape index (κ2) is 7.25. The van der Waals surface area contributed by atoms with E-state index in [9.17, 15) is 4.79 Å². The molecule has 5 nitrogen and oxygen atoms in total. The van der Waals surface area contributed by atoms with Crippen LogP contribution in [0, 0.1) is 6.92 Å². The van der Waals surface area contributed by atoms with Crippen LogP contribution in [0.25, 0.3) is 0 Å². The molecule has 3 rings (SSSR count). The number of amides is 1. The SMILES string of the molecule is CCc1csc(C2CCCN(C(=O)CCn3cc(C)cn3)C2)n1. The highest BCUT2D eigenvalue weighted by Crippen LogP contribution is 2.29. The number of likely N-dealkylation sites (tertiary alicyclic amines) is 1. The van der Waals surface area contributed by atoms with Gasteiger partial charge in [0, 0.05) is 43.5 Å². The molecule has 1 saturated heterocycles. The average molecular weight is 332 g/mol. The maximum atomic E-state index is 12.5. The quantitative estimate of drug-likeness (QED) is 0.846. The summed E-state index contributed by atoms with van der Waals surface area (Å²) < 4.78 is 1.85. The summed E-state index contributed by atoms with van der Waals surface area (Å²) in [6.45, 7) is 6.49. The lowest BCUT2D eigenvalue weighted by atomic mass is 9.98. The minimum atomic E-state index is 0.232. The van der Waals surface area contributed by atoms with Crippen molar-refractivity contribution in [3.63, 3.8) is 0 Å². The Morgan fingerprint density at radius 1 is 1.48 bits per heavy atom. The summed E-state index contributed by atoms with van der Waals surface area (Å²) in [4.78, 5) is 19.2. The first-order valence-electron chi connectivity index (χ1n) is 8.37. The van der Waals surface area contributed by atoms with Gasteiger partial charge in [-0.25, -0.2) is 4.98 Å². The lowest BCUT2D eigenvalue weighted by Crippen LogP contribution is -2.39. The van der Waals surface area contributed by atoms with Gasteiger partial charge in [0.1, 0.15) is 0 Å². The van der Waals surface area contributed by atoms with Gasteiger partial charge in [-0.15, -0.1) is 11.3 Å². The highest BCUT2D eigenvalue weighted by atomic mass is 32.1. The second-order valence-electron chi connectivity index (χ2n) is 6.24. The molecule has 124 valence electrons. The minimum absolute atomic E-state index is 0.232. The summed E-state index contributed by atoms with van der Waals surface area (Å²) in [7, 11) is 0. The zero-order valence-corrected chi connectivity index (χ0v) is 14.7. The zero-order valence-electron chi connectivity index (χ0n) is 13.9. The van der Waals surface area contributed by atoms with E-state index in [1.54, 1.807) is 11.3 Å². The van der Waals surface area contributed by atoms with Crippen molar-refractivity contribution in [3.05, 3.63) is 34.0 Å². The molecule has 1 aliphatic heterocycles. The minimum Gasteiger partial charge on any atom is -0.342 e. The second-order valence-corrected chi connectivity index (χ2v) is 7.13. The van der Waals surface area contributed by atoms with E-state index >= 15 is 0 Å². The first kappa shape index (κ1) is 16.2. The lowest BCUT2D eigenvalue weighted by molar-refractivity contribution is -0.132. The van der Waals surface area contributed by atoms with Crippen LogP contribution in [0.4, 0.5) is 0 Å². The highest BCUT2D eigenvalue weighted by Gasteiger charge is 2.26. The molecular weight excluding hydrogens is 308 g/mol. The van der Waals surface area contributed by atoms with Crippen molar-refractivity contribution in [2.75, 3.05) is 13.1 Å². The number of carbonyl (C=O) groups excluding carboxylic acids is 1. The topological polar surface area (TPSA) is 51.0 Å². The molecule has 0 bridgehead atoms. The van der Waals surface area contributed by atoms with Gasteiger partial charge in [0.05, 0.1) is 16.9 Å². The standard InChI is InChI=1S/C17H24N4OS/c1-3-15-12-23-17(19-15)14-5-4-7-20(11-14)16(22)6-8-21-10-13(2)9-18-21/h9-10,12,14H,3-8,11H2,1-2H3. The fourth-order valence-corrected chi connectivity index (χ4v) is 4.07. The van der Waals surface area contributed by atoms with E-state index in [1.807, 2.05) is 28.9 Å². The van der Waals surface area contributed by atoms with Crippen LogP contribution in [0.15, 0.2) is 17.8 Å². The van der Waals surface area contributed by atoms with Gasteiger partial charge in [-0.05, 0) is 31.7 Å². The third kappa shape index (κ3) is 3.99. The molecular formula is C17H24N4OS. The Bertz CT molecular complexity index is 663. The highest BCUT2D eigenvalue weighted by molar-refractivity contribution is 7.09. The smallest absolute Gasteiger partial charge is 0.224 e. The summed E-state index contributed by atoms with van der Waals surface area (Å²) in [5, 5.41) is 7.59. The molecule has 1 unspecified atom stereocenters. The Hall–Kier alpha value is -1.69. The predicted octanol–water partition coefficient (Wildman–Crippen LogP) is 3.01. The molecule has 0 aromatic carbocycles. The Balaban J connectivity index is 1.55. The predicted molar refractivity (Wildman–Crippen MR) is 91.6 cm³/mol. The van der Waals surface area contributed by atoms with Crippen molar-refractivity contribution in [3.8, 4) is 0 Å². The molecule has 0 spiro atoms. The van der Waals surface area contributed by atoms with Gasteiger partial charge < -0.3 is 4.90 Å². The molecule has 1 aliphatic rings. The number of thiazole rings is 1. The van der Waals surface area contributed by atoms with Crippen LogP contribution in [0.1, 0.15) is 48.4 Å². The van der Waals surface area contributed by atoms with Gasteiger partial charge in [0.25, 0.3) is 0 Å². The number of aromatic nitrogens is 3. The molecule has 2 aromatic heterocycles. The van der Waals surface area contributed by atoms with E-state index in [-0.39, 0.29) is 5.91 Å². The van der Waals surface area contributed by atoms with Crippen molar-refractivity contribution < 1.29 is 4.79 Å². The number of hydrogen-bond acceptors (Lipinski definition) is 4. The maximum absolute atomic E-state index is 12.5. The molecule has 0 N–H and O–H groups in total. The molecule has 3 heterocycles. The largest absolute Gasteiger partial charge is 0.342 e. The lowest BCUT2D eigenvalue weighted by Gasteiger charge is -2.32. The third-order valence-electron chi connectivity index (χ3n) is 4.37. The van der Waals surface area contributed by atoms with E-state index in [2.05, 4.69) is 17.4 Å². The summed E-state index contributed by atoms with van der Waals surface area (Å²) in [5.74, 6) is 0.639. The third-order valence-corrected chi connectivity index (χ3v) is 5.43. The fourth-order valence-electron chi connectivity index (χ4n) is 3.04. The Morgan fingerprint density at radius 2 is 2.35 bits per heavy atom. The normalized spacial score (nSPS) is 18.3. The summed E-state index contributed by atoms with van der Waals surface area (Å²) in [5.41, 5.74) is 2.30. The molecule has 1 amide bonds. The molecule has 1 atom stereocenters. The van der Waals surface area contributed by atoms with Crippen LogP contribution in [0.2, 0.25) is 0 Å². The van der Waals surface area contributed by atoms with Gasteiger partial charge in [-0.2, -0.15) is 5.10 Å². The fraction of sp³-hybridized carbons (Fsp3) is 0.588. The average Bonchev–Trinajstić information content (AvgIpc) is 3.21. The molecule has 2 aromatic rings. The van der Waals surface area contributed by atoms with Gasteiger partial charge in [0.15, 0.2) is 0 Å². The van der Waals surface area contributed by atoms with Gasteiger partial charge in [0.2, 0.25) is 5.91 Å². The van der Waals surface area contributed by atoms with Crippen molar-refractivity contribution in [2.24, 2.45) is 0 Å². The molecule has 0 saturated carbocycles. The molecule has 0 aliphatic carbocycles. The van der Waals surface area contributed by atoms with Crippen LogP contribution in [0.3, 0.4) is 0 Å². The van der Waals surface area contributed by atoms with Crippen LogP contribution in [-0.4, -0.2) is 38.7 Å². The number of piperidine rings is 1. The monoisotopic (exact) mass is 332 g/mol. The van der Waals surface area contributed by atoms with E-state index in [1.165, 1.54) is 10.7 Å². The van der Waals surface area contributed by atoms with E-state index in [4.69, 9.17) is 4.98 Å². The van der Waals surface area contributed by atoms with Gasteiger partial charge >= 0.3 is 0 Å². The van der Waals surface area contributed by atoms with E-state index in [0.29, 0.717) is 18.9 Å². The van der Waals surface area contributed by atoms with Crippen LogP contribution in [-0.2, 0) is 17.8 Å².